The lowest BCUT2D eigenvalue weighted by Gasteiger charge is -2.08. The van der Waals surface area contributed by atoms with E-state index >= 15 is 0 Å². The standard InChI is InChI=1S/C15H15ClFNO/c16-15-9-13(17)4-3-12(15)10-19-14-5-1-11(2-6-14)7-8-18/h1-6,9H,7-8,10,18H2. The summed E-state index contributed by atoms with van der Waals surface area (Å²) >= 11 is 5.93. The number of ether oxygens (including phenoxy) is 1. The molecule has 2 nitrogen and oxygen atoms in total. The first-order valence-electron chi connectivity index (χ1n) is 6.05. The van der Waals surface area contributed by atoms with E-state index in [-0.39, 0.29) is 5.82 Å². The zero-order valence-corrected chi connectivity index (χ0v) is 11.2. The lowest BCUT2D eigenvalue weighted by molar-refractivity contribution is 0.306. The van der Waals surface area contributed by atoms with Crippen molar-refractivity contribution in [2.45, 2.75) is 13.0 Å². The normalized spacial score (nSPS) is 10.5. The number of benzene rings is 2. The summed E-state index contributed by atoms with van der Waals surface area (Å²) < 4.78 is 18.5. The number of nitrogens with two attached hydrogens (primary N) is 1. The maximum atomic E-state index is 12.9. The SMILES string of the molecule is NCCc1ccc(OCc2ccc(F)cc2Cl)cc1. The molecule has 0 saturated carbocycles. The van der Waals surface area contributed by atoms with Crippen molar-refractivity contribution in [1.82, 2.24) is 0 Å². The second kappa shape index (κ2) is 6.55. The van der Waals surface area contributed by atoms with Gasteiger partial charge in [0.2, 0.25) is 0 Å². The Hall–Kier alpha value is -1.58. The fraction of sp³-hybridized carbons (Fsp3) is 0.200. The van der Waals surface area contributed by atoms with Gasteiger partial charge >= 0.3 is 0 Å². The first kappa shape index (κ1) is 13.8. The molecular weight excluding hydrogens is 265 g/mol. The van der Waals surface area contributed by atoms with Crippen molar-refractivity contribution < 1.29 is 9.13 Å². The Balaban J connectivity index is 1.98. The molecule has 0 atom stereocenters. The Morgan fingerprint density at radius 2 is 1.84 bits per heavy atom. The highest BCUT2D eigenvalue weighted by Crippen LogP contribution is 2.20. The summed E-state index contributed by atoms with van der Waals surface area (Å²) in [5, 5.41) is 0.375. The van der Waals surface area contributed by atoms with E-state index in [9.17, 15) is 4.39 Å². The molecule has 0 heterocycles. The molecule has 2 aromatic carbocycles. The quantitative estimate of drug-likeness (QED) is 0.908. The van der Waals surface area contributed by atoms with Gasteiger partial charge in [0.05, 0.1) is 5.02 Å². The molecule has 0 spiro atoms. The highest BCUT2D eigenvalue weighted by Gasteiger charge is 2.03. The minimum absolute atomic E-state index is 0.315. The van der Waals surface area contributed by atoms with Crippen LogP contribution in [0.5, 0.6) is 5.75 Å². The smallest absolute Gasteiger partial charge is 0.124 e. The minimum atomic E-state index is -0.347. The largest absolute Gasteiger partial charge is 0.489 e. The van der Waals surface area contributed by atoms with Crippen molar-refractivity contribution in [2.24, 2.45) is 5.73 Å². The monoisotopic (exact) mass is 279 g/mol. The summed E-state index contributed by atoms with van der Waals surface area (Å²) in [6.07, 6.45) is 0.851. The van der Waals surface area contributed by atoms with Gasteiger partial charge in [-0.25, -0.2) is 4.39 Å². The summed E-state index contributed by atoms with van der Waals surface area (Å²) in [5.74, 6) is 0.404. The van der Waals surface area contributed by atoms with E-state index in [4.69, 9.17) is 22.1 Å². The molecule has 0 fully saturated rings. The van der Waals surface area contributed by atoms with Crippen LogP contribution < -0.4 is 10.5 Å². The second-order valence-electron chi connectivity index (χ2n) is 4.21. The zero-order valence-electron chi connectivity index (χ0n) is 10.4. The highest BCUT2D eigenvalue weighted by molar-refractivity contribution is 6.31. The van der Waals surface area contributed by atoms with Gasteiger partial charge in [0.25, 0.3) is 0 Å². The molecule has 0 aliphatic rings. The molecule has 100 valence electrons. The summed E-state index contributed by atoms with van der Waals surface area (Å²) in [6, 6.07) is 12.0. The van der Waals surface area contributed by atoms with Crippen molar-refractivity contribution in [3.63, 3.8) is 0 Å². The van der Waals surface area contributed by atoms with Gasteiger partial charge in [-0.2, -0.15) is 0 Å². The molecule has 0 radical (unpaired) electrons. The Morgan fingerprint density at radius 3 is 2.47 bits per heavy atom. The van der Waals surface area contributed by atoms with Crippen LogP contribution >= 0.6 is 11.6 Å². The molecule has 0 aliphatic carbocycles. The fourth-order valence-corrected chi connectivity index (χ4v) is 1.94. The van der Waals surface area contributed by atoms with E-state index in [1.807, 2.05) is 24.3 Å². The third-order valence-corrected chi connectivity index (χ3v) is 3.12. The first-order chi connectivity index (χ1) is 9.19. The fourth-order valence-electron chi connectivity index (χ4n) is 1.72. The first-order valence-corrected chi connectivity index (χ1v) is 6.42. The van der Waals surface area contributed by atoms with Crippen molar-refractivity contribution in [3.8, 4) is 5.75 Å². The van der Waals surface area contributed by atoms with E-state index in [0.29, 0.717) is 18.2 Å². The predicted molar refractivity (Wildman–Crippen MR) is 74.9 cm³/mol. The van der Waals surface area contributed by atoms with Gasteiger partial charge in [0, 0.05) is 5.56 Å². The minimum Gasteiger partial charge on any atom is -0.489 e. The molecule has 2 N–H and O–H groups in total. The molecule has 0 aromatic heterocycles. The van der Waals surface area contributed by atoms with Crippen LogP contribution in [0.25, 0.3) is 0 Å². The van der Waals surface area contributed by atoms with Crippen LogP contribution in [0.2, 0.25) is 5.02 Å². The van der Waals surface area contributed by atoms with Crippen molar-refractivity contribution in [3.05, 3.63) is 64.4 Å². The van der Waals surface area contributed by atoms with Crippen LogP contribution in [-0.2, 0) is 13.0 Å². The maximum Gasteiger partial charge on any atom is 0.124 e. The lowest BCUT2D eigenvalue weighted by Crippen LogP contribution is -2.02. The third-order valence-electron chi connectivity index (χ3n) is 2.77. The molecule has 0 amide bonds. The van der Waals surface area contributed by atoms with Gasteiger partial charge in [-0.05, 0) is 42.8 Å². The van der Waals surface area contributed by atoms with Crippen LogP contribution in [-0.4, -0.2) is 6.54 Å². The molecule has 4 heteroatoms. The average Bonchev–Trinajstić information content (AvgIpc) is 2.40. The lowest BCUT2D eigenvalue weighted by atomic mass is 10.1. The zero-order chi connectivity index (χ0) is 13.7. The molecule has 2 rings (SSSR count). The Labute approximate surface area is 117 Å². The number of halogens is 2. The number of hydrogen-bond donors (Lipinski definition) is 1. The summed E-state index contributed by atoms with van der Waals surface area (Å²) in [4.78, 5) is 0. The molecule has 2 aromatic rings. The maximum absolute atomic E-state index is 12.9. The van der Waals surface area contributed by atoms with Gasteiger partial charge in [0.15, 0.2) is 0 Å². The third kappa shape index (κ3) is 3.94. The van der Waals surface area contributed by atoms with Crippen molar-refractivity contribution in [1.29, 1.82) is 0 Å². The second-order valence-corrected chi connectivity index (χ2v) is 4.61. The van der Waals surface area contributed by atoms with Gasteiger partial charge in [0.1, 0.15) is 18.2 Å². The van der Waals surface area contributed by atoms with Crippen LogP contribution in [0, 0.1) is 5.82 Å². The van der Waals surface area contributed by atoms with E-state index < -0.39 is 0 Å². The Kier molecular flexibility index (Phi) is 4.77. The van der Waals surface area contributed by atoms with Gasteiger partial charge in [-0.3, -0.25) is 0 Å². The average molecular weight is 280 g/mol. The van der Waals surface area contributed by atoms with Crippen LogP contribution in [0.1, 0.15) is 11.1 Å². The molecule has 0 bridgehead atoms. The van der Waals surface area contributed by atoms with E-state index in [0.717, 1.165) is 17.7 Å². The van der Waals surface area contributed by atoms with E-state index in [1.54, 1.807) is 6.07 Å². The van der Waals surface area contributed by atoms with Gasteiger partial charge in [-0.15, -0.1) is 0 Å². The predicted octanol–water partition coefficient (Wildman–Crippen LogP) is 3.56. The summed E-state index contributed by atoms with van der Waals surface area (Å²) in [5.41, 5.74) is 7.42. The summed E-state index contributed by atoms with van der Waals surface area (Å²) in [7, 11) is 0. The number of rotatable bonds is 5. The van der Waals surface area contributed by atoms with Crippen LogP contribution in [0.4, 0.5) is 4.39 Å². The molecule has 19 heavy (non-hydrogen) atoms. The van der Waals surface area contributed by atoms with E-state index in [2.05, 4.69) is 0 Å². The van der Waals surface area contributed by atoms with Crippen LogP contribution in [0.3, 0.4) is 0 Å². The Morgan fingerprint density at radius 1 is 1.11 bits per heavy atom. The van der Waals surface area contributed by atoms with Gasteiger partial charge < -0.3 is 10.5 Å². The van der Waals surface area contributed by atoms with Crippen LogP contribution in [0.15, 0.2) is 42.5 Å². The van der Waals surface area contributed by atoms with Crippen molar-refractivity contribution in [2.75, 3.05) is 6.54 Å². The topological polar surface area (TPSA) is 35.2 Å². The molecule has 0 saturated heterocycles. The number of hydrogen-bond acceptors (Lipinski definition) is 2. The molecular formula is C15H15ClFNO. The van der Waals surface area contributed by atoms with Crippen molar-refractivity contribution >= 4 is 11.6 Å². The van der Waals surface area contributed by atoms with Gasteiger partial charge in [-0.1, -0.05) is 29.8 Å². The molecule has 0 aliphatic heterocycles. The summed E-state index contributed by atoms with van der Waals surface area (Å²) in [6.45, 7) is 0.945. The molecule has 0 unspecified atom stereocenters. The van der Waals surface area contributed by atoms with E-state index in [1.165, 1.54) is 17.7 Å². The highest BCUT2D eigenvalue weighted by atomic mass is 35.5. The Bertz CT molecular complexity index is 542.